The van der Waals surface area contributed by atoms with Crippen LogP contribution in [0.4, 0.5) is 13.2 Å². The molecule has 9 nitrogen and oxygen atoms in total. The maximum absolute atomic E-state index is 11.9. The number of benzene rings is 1. The van der Waals surface area contributed by atoms with Crippen LogP contribution in [0.5, 0.6) is 0 Å². The van der Waals surface area contributed by atoms with E-state index >= 15 is 0 Å². The summed E-state index contributed by atoms with van der Waals surface area (Å²) in [6, 6.07) is 5.38. The van der Waals surface area contributed by atoms with Crippen LogP contribution in [-0.4, -0.2) is 63.0 Å². The van der Waals surface area contributed by atoms with E-state index in [2.05, 4.69) is 10.3 Å². The molecule has 0 saturated heterocycles. The highest BCUT2D eigenvalue weighted by Gasteiger charge is 2.38. The van der Waals surface area contributed by atoms with Gasteiger partial charge >= 0.3 is 18.1 Å². The molecule has 0 aliphatic rings. The number of hydrogen-bond donors (Lipinski definition) is 6. The average molecular weight is 405 g/mol. The molecule has 0 unspecified atom stereocenters. The van der Waals surface area contributed by atoms with E-state index in [1.54, 1.807) is 6.20 Å². The van der Waals surface area contributed by atoms with E-state index in [0.717, 1.165) is 16.5 Å². The number of amides is 1. The largest absolute Gasteiger partial charge is 0.490 e. The lowest BCUT2D eigenvalue weighted by Gasteiger charge is -2.15. The normalized spacial score (nSPS) is 13.2. The summed E-state index contributed by atoms with van der Waals surface area (Å²) >= 11 is 0. The van der Waals surface area contributed by atoms with E-state index in [9.17, 15) is 22.8 Å². The molecule has 0 aliphatic heterocycles. The molecule has 0 spiro atoms. The molecule has 7 N–H and O–H groups in total. The lowest BCUT2D eigenvalue weighted by molar-refractivity contribution is -0.192. The summed E-state index contributed by atoms with van der Waals surface area (Å²) in [6.07, 6.45) is -3.04. The van der Waals surface area contributed by atoms with Gasteiger partial charge in [-0.2, -0.15) is 13.2 Å². The van der Waals surface area contributed by atoms with Gasteiger partial charge in [0.15, 0.2) is 0 Å². The van der Waals surface area contributed by atoms with Gasteiger partial charge in [-0.3, -0.25) is 4.79 Å². The Kier molecular flexibility index (Phi) is 7.95. The predicted molar refractivity (Wildman–Crippen MR) is 90.3 cm³/mol. The molecule has 0 fully saturated rings. The number of nitrogens with two attached hydrogens (primary N) is 1. The van der Waals surface area contributed by atoms with Gasteiger partial charge in [0, 0.05) is 17.1 Å². The molecular formula is C16H18F3N3O6. The minimum absolute atomic E-state index is 0.271. The van der Waals surface area contributed by atoms with E-state index < -0.39 is 42.7 Å². The Morgan fingerprint density at radius 3 is 2.25 bits per heavy atom. The third-order valence-corrected chi connectivity index (χ3v) is 3.49. The topological polar surface area (TPSA) is 166 Å². The van der Waals surface area contributed by atoms with Crippen LogP contribution < -0.4 is 11.1 Å². The minimum atomic E-state index is -5.08. The minimum Gasteiger partial charge on any atom is -0.480 e. The maximum atomic E-state index is 11.9. The predicted octanol–water partition coefficient (Wildman–Crippen LogP) is 0.233. The molecule has 2 atom stereocenters. The summed E-state index contributed by atoms with van der Waals surface area (Å²) in [7, 11) is 0. The van der Waals surface area contributed by atoms with Gasteiger partial charge in [-0.1, -0.05) is 18.2 Å². The second-order valence-electron chi connectivity index (χ2n) is 5.56. The van der Waals surface area contributed by atoms with Crippen molar-refractivity contribution in [2.75, 3.05) is 6.61 Å². The van der Waals surface area contributed by atoms with Gasteiger partial charge in [-0.05, 0) is 18.1 Å². The first-order valence-corrected chi connectivity index (χ1v) is 7.72. The van der Waals surface area contributed by atoms with Gasteiger partial charge < -0.3 is 31.4 Å². The Morgan fingerprint density at radius 1 is 1.18 bits per heavy atom. The standard InChI is InChI=1S/C14H17N3O4.C2HF3O2/c15-10(13(19)17-12(7-18)14(20)21)5-8-6-16-11-4-2-1-3-9(8)11;3-2(4,5)1(6)7/h1-4,6,10,12,16,18H,5,7,15H2,(H,17,19)(H,20,21);(H,6,7)/t10-,12-;/m0./s1. The lowest BCUT2D eigenvalue weighted by atomic mass is 10.0. The number of aromatic amines is 1. The lowest BCUT2D eigenvalue weighted by Crippen LogP contribution is -2.50. The third-order valence-electron chi connectivity index (χ3n) is 3.49. The molecule has 28 heavy (non-hydrogen) atoms. The SMILES string of the molecule is N[C@@H](Cc1c[nH]c2ccccc12)C(=O)N[C@@H](CO)C(=O)O.O=C(O)C(F)(F)F. The van der Waals surface area contributed by atoms with Crippen LogP contribution in [-0.2, 0) is 20.8 Å². The molecule has 2 rings (SSSR count). The second-order valence-corrected chi connectivity index (χ2v) is 5.56. The number of carboxylic acids is 2. The number of aliphatic hydroxyl groups excluding tert-OH is 1. The number of halogens is 3. The number of aliphatic carboxylic acids is 2. The first kappa shape index (κ1) is 22.9. The highest BCUT2D eigenvalue weighted by atomic mass is 19.4. The molecule has 1 aromatic heterocycles. The molecule has 0 saturated carbocycles. The highest BCUT2D eigenvalue weighted by Crippen LogP contribution is 2.18. The Balaban J connectivity index is 0.000000480. The van der Waals surface area contributed by atoms with Crippen molar-refractivity contribution >= 4 is 28.7 Å². The molecule has 154 valence electrons. The molecule has 0 bridgehead atoms. The average Bonchev–Trinajstić information content (AvgIpc) is 3.02. The van der Waals surface area contributed by atoms with E-state index in [1.165, 1.54) is 0 Å². The van der Waals surface area contributed by atoms with Crippen LogP contribution in [0.2, 0.25) is 0 Å². The molecule has 1 heterocycles. The molecule has 2 aromatic rings. The van der Waals surface area contributed by atoms with Crippen LogP contribution in [0.25, 0.3) is 10.9 Å². The number of H-pyrrole nitrogens is 1. The number of fused-ring (bicyclic) bond motifs is 1. The van der Waals surface area contributed by atoms with Crippen LogP contribution in [0.15, 0.2) is 30.5 Å². The van der Waals surface area contributed by atoms with Gasteiger partial charge in [-0.25, -0.2) is 9.59 Å². The van der Waals surface area contributed by atoms with E-state index in [4.69, 9.17) is 25.8 Å². The van der Waals surface area contributed by atoms with Crippen molar-refractivity contribution in [3.05, 3.63) is 36.0 Å². The fraction of sp³-hybridized carbons (Fsp3) is 0.312. The summed E-state index contributed by atoms with van der Waals surface area (Å²) < 4.78 is 31.7. The number of alkyl halides is 3. The number of carbonyl (C=O) groups is 3. The van der Waals surface area contributed by atoms with Crippen molar-refractivity contribution in [3.8, 4) is 0 Å². The van der Waals surface area contributed by atoms with Crippen LogP contribution in [0.1, 0.15) is 5.56 Å². The summed E-state index contributed by atoms with van der Waals surface area (Å²) in [5.41, 5.74) is 7.62. The summed E-state index contributed by atoms with van der Waals surface area (Å²) in [6.45, 7) is -0.680. The Hall–Kier alpha value is -3.12. The Morgan fingerprint density at radius 2 is 1.75 bits per heavy atom. The number of rotatable bonds is 6. The Bertz CT molecular complexity index is 836. The number of aromatic nitrogens is 1. The zero-order valence-electron chi connectivity index (χ0n) is 14.2. The van der Waals surface area contributed by atoms with Crippen molar-refractivity contribution in [1.82, 2.24) is 10.3 Å². The summed E-state index contributed by atoms with van der Waals surface area (Å²) in [5, 5.41) is 28.0. The fourth-order valence-electron chi connectivity index (χ4n) is 2.09. The van der Waals surface area contributed by atoms with Crippen molar-refractivity contribution in [1.29, 1.82) is 0 Å². The van der Waals surface area contributed by atoms with E-state index in [1.807, 2.05) is 24.3 Å². The molecule has 0 aliphatic carbocycles. The van der Waals surface area contributed by atoms with Gasteiger partial charge in [0.2, 0.25) is 5.91 Å². The van der Waals surface area contributed by atoms with E-state index in [0.29, 0.717) is 0 Å². The zero-order valence-corrected chi connectivity index (χ0v) is 14.2. The van der Waals surface area contributed by atoms with Crippen LogP contribution in [0.3, 0.4) is 0 Å². The van der Waals surface area contributed by atoms with Gasteiger partial charge in [0.25, 0.3) is 0 Å². The molecule has 1 amide bonds. The maximum Gasteiger partial charge on any atom is 0.490 e. The number of carbonyl (C=O) groups excluding carboxylic acids is 1. The first-order valence-electron chi connectivity index (χ1n) is 7.72. The van der Waals surface area contributed by atoms with Crippen LogP contribution in [0, 0.1) is 0 Å². The quantitative estimate of drug-likeness (QED) is 0.400. The molecular weight excluding hydrogens is 387 g/mol. The number of hydrogen-bond acceptors (Lipinski definition) is 5. The number of carboxylic acid groups (broad SMARTS) is 2. The highest BCUT2D eigenvalue weighted by molar-refractivity contribution is 5.88. The van der Waals surface area contributed by atoms with Gasteiger partial charge in [0.1, 0.15) is 6.04 Å². The smallest absolute Gasteiger partial charge is 0.480 e. The number of para-hydroxylation sites is 1. The Labute approximate surface area is 156 Å². The fourth-order valence-corrected chi connectivity index (χ4v) is 2.09. The summed E-state index contributed by atoms with van der Waals surface area (Å²) in [4.78, 5) is 34.6. The van der Waals surface area contributed by atoms with Crippen molar-refractivity contribution < 1.29 is 42.9 Å². The molecule has 0 radical (unpaired) electrons. The molecule has 1 aromatic carbocycles. The summed E-state index contributed by atoms with van der Waals surface area (Å²) in [5.74, 6) is -4.67. The van der Waals surface area contributed by atoms with Gasteiger partial charge in [0.05, 0.1) is 12.6 Å². The number of aliphatic hydroxyl groups is 1. The molecule has 12 heteroatoms. The van der Waals surface area contributed by atoms with Crippen molar-refractivity contribution in [3.63, 3.8) is 0 Å². The monoisotopic (exact) mass is 405 g/mol. The number of nitrogens with one attached hydrogen (secondary N) is 2. The van der Waals surface area contributed by atoms with Crippen molar-refractivity contribution in [2.24, 2.45) is 5.73 Å². The van der Waals surface area contributed by atoms with Crippen LogP contribution >= 0.6 is 0 Å². The van der Waals surface area contributed by atoms with Crippen molar-refractivity contribution in [2.45, 2.75) is 24.7 Å². The van der Waals surface area contributed by atoms with Gasteiger partial charge in [-0.15, -0.1) is 0 Å². The zero-order chi connectivity index (χ0) is 21.5. The second kappa shape index (κ2) is 9.71. The third kappa shape index (κ3) is 6.55. The van der Waals surface area contributed by atoms with E-state index in [-0.39, 0.29) is 6.42 Å². The first-order chi connectivity index (χ1) is 13.0.